The highest BCUT2D eigenvalue weighted by atomic mass is 35.5. The van der Waals surface area contributed by atoms with Gasteiger partial charge in [-0.25, -0.2) is 0 Å². The van der Waals surface area contributed by atoms with Crippen LogP contribution in [0.3, 0.4) is 0 Å². The van der Waals surface area contributed by atoms with Crippen LogP contribution in [-0.2, 0) is 4.79 Å². The molecular formula is C13H15ClN6OS. The first kappa shape index (κ1) is 15.1. The first-order valence-electron chi connectivity index (χ1n) is 6.97. The van der Waals surface area contributed by atoms with Crippen molar-refractivity contribution < 1.29 is 4.79 Å². The summed E-state index contributed by atoms with van der Waals surface area (Å²) < 4.78 is 0. The lowest BCUT2D eigenvalue weighted by molar-refractivity contribution is -0.120. The summed E-state index contributed by atoms with van der Waals surface area (Å²) in [6.07, 6.45) is 1.78. The van der Waals surface area contributed by atoms with Crippen molar-refractivity contribution in [3.8, 4) is 0 Å². The predicted molar refractivity (Wildman–Crippen MR) is 85.3 cm³/mol. The molecule has 22 heavy (non-hydrogen) atoms. The number of piperidine rings is 1. The van der Waals surface area contributed by atoms with Crippen LogP contribution < -0.4 is 10.2 Å². The van der Waals surface area contributed by atoms with E-state index in [2.05, 4.69) is 30.6 Å². The molecule has 1 aliphatic rings. The highest BCUT2D eigenvalue weighted by Gasteiger charge is 2.27. The molecule has 0 bridgehead atoms. The summed E-state index contributed by atoms with van der Waals surface area (Å²) >= 11 is 7.13. The molecule has 1 fully saturated rings. The van der Waals surface area contributed by atoms with E-state index in [0.29, 0.717) is 16.8 Å². The Labute approximate surface area is 136 Å². The average Bonchev–Trinajstić information content (AvgIpc) is 2.93. The Morgan fingerprint density at radius 2 is 2.23 bits per heavy atom. The fraction of sp³-hybridized carbons (Fsp3) is 0.462. The van der Waals surface area contributed by atoms with E-state index in [0.717, 1.165) is 30.2 Å². The standard InChI is InChI=1S/C13H15ClN6OS/c1-8-16-19-13(22-8)15-12(21)9-3-2-6-20(7-9)11-5-4-10(14)17-18-11/h4-5,9H,2-3,6-7H2,1H3,(H,15,19,21)/t9-/m1/s1. The normalized spacial score (nSPS) is 18.3. The van der Waals surface area contributed by atoms with E-state index in [1.54, 1.807) is 6.07 Å². The third kappa shape index (κ3) is 3.50. The maximum atomic E-state index is 12.4. The summed E-state index contributed by atoms with van der Waals surface area (Å²) in [5.41, 5.74) is 0. The second-order valence-corrected chi connectivity index (χ2v) is 6.68. The fourth-order valence-electron chi connectivity index (χ4n) is 2.43. The molecule has 116 valence electrons. The minimum atomic E-state index is -0.101. The molecule has 3 heterocycles. The van der Waals surface area contributed by atoms with Crippen molar-refractivity contribution in [3.63, 3.8) is 0 Å². The van der Waals surface area contributed by atoms with E-state index >= 15 is 0 Å². The van der Waals surface area contributed by atoms with E-state index in [1.807, 2.05) is 13.0 Å². The van der Waals surface area contributed by atoms with Crippen molar-refractivity contribution in [2.45, 2.75) is 19.8 Å². The maximum Gasteiger partial charge on any atom is 0.231 e. The predicted octanol–water partition coefficient (Wildman–Crippen LogP) is 2.15. The number of amides is 1. The number of carbonyl (C=O) groups excluding carboxylic acids is 1. The van der Waals surface area contributed by atoms with Gasteiger partial charge in [0.15, 0.2) is 11.0 Å². The lowest BCUT2D eigenvalue weighted by Crippen LogP contribution is -2.41. The molecule has 0 aromatic carbocycles. The number of nitrogens with one attached hydrogen (secondary N) is 1. The van der Waals surface area contributed by atoms with E-state index in [9.17, 15) is 4.79 Å². The Morgan fingerprint density at radius 1 is 1.36 bits per heavy atom. The number of rotatable bonds is 3. The highest BCUT2D eigenvalue weighted by Crippen LogP contribution is 2.23. The van der Waals surface area contributed by atoms with Gasteiger partial charge in [0.2, 0.25) is 11.0 Å². The van der Waals surface area contributed by atoms with Gasteiger partial charge in [0, 0.05) is 13.1 Å². The molecule has 9 heteroatoms. The second kappa shape index (κ2) is 6.53. The SMILES string of the molecule is Cc1nnc(NC(=O)[C@@H]2CCCN(c3ccc(Cl)nn3)C2)s1. The van der Waals surface area contributed by atoms with Crippen molar-refractivity contribution in [2.75, 3.05) is 23.3 Å². The number of aryl methyl sites for hydroxylation is 1. The zero-order chi connectivity index (χ0) is 15.5. The molecule has 1 amide bonds. The number of carbonyl (C=O) groups is 1. The number of halogens is 1. The van der Waals surface area contributed by atoms with E-state index < -0.39 is 0 Å². The van der Waals surface area contributed by atoms with Crippen LogP contribution in [0.25, 0.3) is 0 Å². The second-order valence-electron chi connectivity index (χ2n) is 5.11. The van der Waals surface area contributed by atoms with Crippen LogP contribution >= 0.6 is 22.9 Å². The molecule has 0 saturated carbocycles. The summed E-state index contributed by atoms with van der Waals surface area (Å²) in [7, 11) is 0. The van der Waals surface area contributed by atoms with Crippen molar-refractivity contribution in [1.82, 2.24) is 20.4 Å². The lowest BCUT2D eigenvalue weighted by atomic mass is 9.97. The number of aromatic nitrogens is 4. The maximum absolute atomic E-state index is 12.4. The first-order valence-corrected chi connectivity index (χ1v) is 8.16. The molecule has 0 unspecified atom stereocenters. The van der Waals surface area contributed by atoms with Crippen LogP contribution in [0.2, 0.25) is 5.15 Å². The van der Waals surface area contributed by atoms with Gasteiger partial charge in [0.05, 0.1) is 5.92 Å². The molecule has 2 aromatic rings. The van der Waals surface area contributed by atoms with Crippen LogP contribution in [0.5, 0.6) is 0 Å². The third-order valence-corrected chi connectivity index (χ3v) is 4.45. The van der Waals surface area contributed by atoms with E-state index in [-0.39, 0.29) is 11.8 Å². The minimum Gasteiger partial charge on any atom is -0.354 e. The van der Waals surface area contributed by atoms with Crippen LogP contribution in [0, 0.1) is 12.8 Å². The van der Waals surface area contributed by atoms with Crippen LogP contribution in [0.1, 0.15) is 17.8 Å². The zero-order valence-electron chi connectivity index (χ0n) is 12.0. The summed E-state index contributed by atoms with van der Waals surface area (Å²) in [4.78, 5) is 14.4. The van der Waals surface area contributed by atoms with Gasteiger partial charge in [-0.05, 0) is 31.9 Å². The van der Waals surface area contributed by atoms with Gasteiger partial charge in [-0.1, -0.05) is 22.9 Å². The van der Waals surface area contributed by atoms with Crippen molar-refractivity contribution in [2.24, 2.45) is 5.92 Å². The summed E-state index contributed by atoms with van der Waals surface area (Å²) in [5, 5.41) is 20.3. The number of hydrogen-bond donors (Lipinski definition) is 1. The molecular weight excluding hydrogens is 324 g/mol. The Bertz CT molecular complexity index is 661. The molecule has 0 spiro atoms. The Hall–Kier alpha value is -1.80. The van der Waals surface area contributed by atoms with Crippen molar-refractivity contribution in [1.29, 1.82) is 0 Å². The summed E-state index contributed by atoms with van der Waals surface area (Å²) in [6.45, 7) is 3.33. The quantitative estimate of drug-likeness (QED) is 0.923. The molecule has 1 atom stereocenters. The first-order chi connectivity index (χ1) is 10.6. The van der Waals surface area contributed by atoms with Crippen molar-refractivity contribution >= 4 is 39.8 Å². The molecule has 2 aromatic heterocycles. The van der Waals surface area contributed by atoms with Crippen LogP contribution in [-0.4, -0.2) is 39.4 Å². The smallest absolute Gasteiger partial charge is 0.231 e. The molecule has 0 aliphatic carbocycles. The largest absolute Gasteiger partial charge is 0.354 e. The minimum absolute atomic E-state index is 0.0252. The number of hydrogen-bond acceptors (Lipinski definition) is 7. The van der Waals surface area contributed by atoms with Gasteiger partial charge in [-0.3, -0.25) is 4.79 Å². The lowest BCUT2D eigenvalue weighted by Gasteiger charge is -2.32. The third-order valence-electron chi connectivity index (χ3n) is 3.49. The molecule has 1 saturated heterocycles. The van der Waals surface area contributed by atoms with Gasteiger partial charge in [-0.2, -0.15) is 0 Å². The summed E-state index contributed by atoms with van der Waals surface area (Å²) in [5.74, 6) is 0.617. The fourth-order valence-corrected chi connectivity index (χ4v) is 3.13. The Balaban J connectivity index is 1.64. The number of anilines is 2. The van der Waals surface area contributed by atoms with Gasteiger partial charge < -0.3 is 10.2 Å². The highest BCUT2D eigenvalue weighted by molar-refractivity contribution is 7.15. The molecule has 3 rings (SSSR count). The van der Waals surface area contributed by atoms with Gasteiger partial charge in [0.1, 0.15) is 5.01 Å². The van der Waals surface area contributed by atoms with Crippen molar-refractivity contribution in [3.05, 3.63) is 22.3 Å². The molecule has 1 N–H and O–H groups in total. The van der Waals surface area contributed by atoms with Gasteiger partial charge >= 0.3 is 0 Å². The molecule has 0 radical (unpaired) electrons. The van der Waals surface area contributed by atoms with Gasteiger partial charge in [-0.15, -0.1) is 20.4 Å². The summed E-state index contributed by atoms with van der Waals surface area (Å²) in [6, 6.07) is 3.53. The van der Waals surface area contributed by atoms with E-state index in [1.165, 1.54) is 11.3 Å². The Morgan fingerprint density at radius 3 is 2.91 bits per heavy atom. The monoisotopic (exact) mass is 338 g/mol. The van der Waals surface area contributed by atoms with Gasteiger partial charge in [0.25, 0.3) is 0 Å². The average molecular weight is 339 g/mol. The molecule has 7 nitrogen and oxygen atoms in total. The number of nitrogens with zero attached hydrogens (tertiary/aromatic N) is 5. The zero-order valence-corrected chi connectivity index (χ0v) is 13.6. The Kier molecular flexibility index (Phi) is 4.49. The van der Waals surface area contributed by atoms with Crippen LogP contribution in [0.15, 0.2) is 12.1 Å². The van der Waals surface area contributed by atoms with E-state index in [4.69, 9.17) is 11.6 Å². The van der Waals surface area contributed by atoms with Crippen LogP contribution in [0.4, 0.5) is 10.9 Å². The topological polar surface area (TPSA) is 83.9 Å². The molecule has 1 aliphatic heterocycles.